The molecule has 0 heterocycles. The Labute approximate surface area is 132 Å². The largest absolute Gasteiger partial charge is 0.491 e. The highest BCUT2D eigenvalue weighted by Gasteiger charge is 2.10. The quantitative estimate of drug-likeness (QED) is 0.859. The molecular formula is C17H17F2NO3. The lowest BCUT2D eigenvalue weighted by atomic mass is 10.1. The summed E-state index contributed by atoms with van der Waals surface area (Å²) in [6, 6.07) is 10.1. The lowest BCUT2D eigenvalue weighted by Gasteiger charge is -2.13. The van der Waals surface area contributed by atoms with E-state index in [1.54, 1.807) is 12.1 Å². The number of amides is 1. The fourth-order valence-electron chi connectivity index (χ4n) is 1.84. The van der Waals surface area contributed by atoms with Crippen molar-refractivity contribution in [1.82, 2.24) is 5.32 Å². The van der Waals surface area contributed by atoms with Crippen LogP contribution in [0.4, 0.5) is 8.78 Å². The van der Waals surface area contributed by atoms with Crippen LogP contribution in [-0.2, 0) is 0 Å². The zero-order valence-corrected chi connectivity index (χ0v) is 12.6. The number of halogens is 2. The zero-order chi connectivity index (χ0) is 16.8. The first kappa shape index (κ1) is 16.9. The molecule has 2 rings (SSSR count). The molecule has 2 N–H and O–H groups in total. The molecule has 1 atom stereocenters. The third-order valence-electron chi connectivity index (χ3n) is 3.15. The minimum absolute atomic E-state index is 0.0175. The third-order valence-corrected chi connectivity index (χ3v) is 3.15. The van der Waals surface area contributed by atoms with Crippen LogP contribution < -0.4 is 10.1 Å². The SMILES string of the molecule is Cc1ccc(C(=O)NCC(O)COc2ccc(F)c(F)c2)cc1. The summed E-state index contributed by atoms with van der Waals surface area (Å²) in [7, 11) is 0. The molecule has 0 bridgehead atoms. The number of rotatable bonds is 6. The molecule has 0 aliphatic rings. The molecule has 2 aromatic rings. The molecule has 1 unspecified atom stereocenters. The van der Waals surface area contributed by atoms with E-state index in [2.05, 4.69) is 5.32 Å². The fraction of sp³-hybridized carbons (Fsp3) is 0.235. The summed E-state index contributed by atoms with van der Waals surface area (Å²) < 4.78 is 30.9. The fourth-order valence-corrected chi connectivity index (χ4v) is 1.84. The second kappa shape index (κ2) is 7.69. The van der Waals surface area contributed by atoms with Crippen molar-refractivity contribution in [3.05, 3.63) is 65.2 Å². The van der Waals surface area contributed by atoms with Gasteiger partial charge in [0.25, 0.3) is 5.91 Å². The van der Waals surface area contributed by atoms with Crippen molar-refractivity contribution in [3.63, 3.8) is 0 Å². The van der Waals surface area contributed by atoms with E-state index < -0.39 is 17.7 Å². The molecule has 0 aliphatic carbocycles. The van der Waals surface area contributed by atoms with Gasteiger partial charge in [0, 0.05) is 18.2 Å². The van der Waals surface area contributed by atoms with E-state index in [0.29, 0.717) is 5.56 Å². The Kier molecular flexibility index (Phi) is 5.65. The molecule has 1 amide bonds. The van der Waals surface area contributed by atoms with Crippen molar-refractivity contribution >= 4 is 5.91 Å². The smallest absolute Gasteiger partial charge is 0.251 e. The number of carbonyl (C=O) groups is 1. The van der Waals surface area contributed by atoms with Gasteiger partial charge in [-0.25, -0.2) is 8.78 Å². The van der Waals surface area contributed by atoms with Crippen molar-refractivity contribution in [3.8, 4) is 5.75 Å². The van der Waals surface area contributed by atoms with Crippen LogP contribution in [0.25, 0.3) is 0 Å². The number of hydrogen-bond donors (Lipinski definition) is 2. The number of aliphatic hydroxyl groups is 1. The molecule has 0 radical (unpaired) electrons. The Morgan fingerprint density at radius 3 is 2.52 bits per heavy atom. The Hall–Kier alpha value is -2.47. The highest BCUT2D eigenvalue weighted by Crippen LogP contribution is 2.15. The monoisotopic (exact) mass is 321 g/mol. The van der Waals surface area contributed by atoms with Crippen molar-refractivity contribution in [2.24, 2.45) is 0 Å². The molecule has 0 aliphatic heterocycles. The maximum atomic E-state index is 13.0. The number of nitrogens with one attached hydrogen (secondary N) is 1. The van der Waals surface area contributed by atoms with Crippen LogP contribution in [0.3, 0.4) is 0 Å². The van der Waals surface area contributed by atoms with Gasteiger partial charge in [-0.2, -0.15) is 0 Å². The summed E-state index contributed by atoms with van der Waals surface area (Å²) in [5.74, 6) is -2.20. The summed E-state index contributed by atoms with van der Waals surface area (Å²) in [4.78, 5) is 11.9. The van der Waals surface area contributed by atoms with Crippen molar-refractivity contribution in [1.29, 1.82) is 0 Å². The molecular weight excluding hydrogens is 304 g/mol. The van der Waals surface area contributed by atoms with E-state index in [9.17, 15) is 18.7 Å². The van der Waals surface area contributed by atoms with E-state index in [-0.39, 0.29) is 24.8 Å². The molecule has 2 aromatic carbocycles. The molecule has 6 heteroatoms. The first-order valence-corrected chi connectivity index (χ1v) is 7.06. The average molecular weight is 321 g/mol. The minimum Gasteiger partial charge on any atom is -0.491 e. The second-order valence-electron chi connectivity index (χ2n) is 5.12. The van der Waals surface area contributed by atoms with E-state index >= 15 is 0 Å². The van der Waals surface area contributed by atoms with Gasteiger partial charge in [-0.1, -0.05) is 17.7 Å². The van der Waals surface area contributed by atoms with Gasteiger partial charge in [0.2, 0.25) is 0 Å². The average Bonchev–Trinajstić information content (AvgIpc) is 2.54. The van der Waals surface area contributed by atoms with Gasteiger partial charge >= 0.3 is 0 Å². The molecule has 0 fully saturated rings. The number of hydrogen-bond acceptors (Lipinski definition) is 3. The van der Waals surface area contributed by atoms with Crippen LogP contribution in [0.15, 0.2) is 42.5 Å². The molecule has 0 saturated heterocycles. The predicted molar refractivity (Wildman–Crippen MR) is 81.4 cm³/mol. The van der Waals surface area contributed by atoms with E-state index in [1.807, 2.05) is 19.1 Å². The van der Waals surface area contributed by atoms with Gasteiger partial charge in [0.15, 0.2) is 11.6 Å². The number of ether oxygens (including phenoxy) is 1. The van der Waals surface area contributed by atoms with Crippen LogP contribution in [0.2, 0.25) is 0 Å². The second-order valence-corrected chi connectivity index (χ2v) is 5.12. The minimum atomic E-state index is -1.02. The maximum absolute atomic E-state index is 13.0. The highest BCUT2D eigenvalue weighted by molar-refractivity contribution is 5.94. The van der Waals surface area contributed by atoms with Gasteiger partial charge in [-0.05, 0) is 31.2 Å². The van der Waals surface area contributed by atoms with Gasteiger partial charge in [0.05, 0.1) is 0 Å². The number of benzene rings is 2. The molecule has 0 aromatic heterocycles. The lowest BCUT2D eigenvalue weighted by Crippen LogP contribution is -2.35. The van der Waals surface area contributed by atoms with Gasteiger partial charge in [-0.15, -0.1) is 0 Å². The molecule has 23 heavy (non-hydrogen) atoms. The zero-order valence-electron chi connectivity index (χ0n) is 12.6. The van der Waals surface area contributed by atoms with Crippen molar-refractivity contribution < 1.29 is 23.4 Å². The maximum Gasteiger partial charge on any atom is 0.251 e. The Bertz CT molecular complexity index is 674. The molecule has 122 valence electrons. The topological polar surface area (TPSA) is 58.6 Å². The van der Waals surface area contributed by atoms with Crippen LogP contribution >= 0.6 is 0 Å². The summed E-state index contributed by atoms with van der Waals surface area (Å²) in [6.07, 6.45) is -0.975. The Morgan fingerprint density at radius 1 is 1.17 bits per heavy atom. The van der Waals surface area contributed by atoms with Gasteiger partial charge in [-0.3, -0.25) is 4.79 Å². The summed E-state index contributed by atoms with van der Waals surface area (Å²) in [5.41, 5.74) is 1.53. The first-order valence-electron chi connectivity index (χ1n) is 7.06. The lowest BCUT2D eigenvalue weighted by molar-refractivity contribution is 0.0843. The van der Waals surface area contributed by atoms with Crippen LogP contribution in [0.1, 0.15) is 15.9 Å². The summed E-state index contributed by atoms with van der Waals surface area (Å²) >= 11 is 0. The summed E-state index contributed by atoms with van der Waals surface area (Å²) in [5, 5.41) is 12.3. The highest BCUT2D eigenvalue weighted by atomic mass is 19.2. The third kappa shape index (κ3) is 5.03. The van der Waals surface area contributed by atoms with Crippen LogP contribution in [-0.4, -0.2) is 30.3 Å². The number of carbonyl (C=O) groups excluding carboxylic acids is 1. The van der Waals surface area contributed by atoms with Crippen LogP contribution in [0, 0.1) is 18.6 Å². The Morgan fingerprint density at radius 2 is 1.87 bits per heavy atom. The standard InChI is InChI=1S/C17H17F2NO3/c1-11-2-4-12(5-3-11)17(22)20-9-13(21)10-23-14-6-7-15(18)16(19)8-14/h2-8,13,21H,9-10H2,1H3,(H,20,22). The van der Waals surface area contributed by atoms with Gasteiger partial charge in [0.1, 0.15) is 18.5 Å². The molecule has 4 nitrogen and oxygen atoms in total. The molecule has 0 saturated carbocycles. The number of aliphatic hydroxyl groups excluding tert-OH is 1. The predicted octanol–water partition coefficient (Wildman–Crippen LogP) is 2.44. The molecule has 0 spiro atoms. The van der Waals surface area contributed by atoms with Crippen molar-refractivity contribution in [2.75, 3.05) is 13.2 Å². The normalized spacial score (nSPS) is 11.8. The number of aryl methyl sites for hydroxylation is 1. The van der Waals surface area contributed by atoms with E-state index in [4.69, 9.17) is 4.74 Å². The van der Waals surface area contributed by atoms with Crippen molar-refractivity contribution in [2.45, 2.75) is 13.0 Å². The van der Waals surface area contributed by atoms with E-state index in [1.165, 1.54) is 6.07 Å². The first-order chi connectivity index (χ1) is 11.0. The van der Waals surface area contributed by atoms with Gasteiger partial charge < -0.3 is 15.2 Å². The summed E-state index contributed by atoms with van der Waals surface area (Å²) in [6.45, 7) is 1.75. The van der Waals surface area contributed by atoms with E-state index in [0.717, 1.165) is 17.7 Å². The Balaban J connectivity index is 1.78. The van der Waals surface area contributed by atoms with Crippen LogP contribution in [0.5, 0.6) is 5.75 Å².